The van der Waals surface area contributed by atoms with E-state index >= 15 is 0 Å². The highest BCUT2D eigenvalue weighted by Crippen LogP contribution is 2.46. The highest BCUT2D eigenvalue weighted by molar-refractivity contribution is 6.28. The van der Waals surface area contributed by atoms with Gasteiger partial charge in [-0.25, -0.2) is 0 Å². The first-order chi connectivity index (χ1) is 7.47. The van der Waals surface area contributed by atoms with E-state index in [1.165, 1.54) is 0 Å². The van der Waals surface area contributed by atoms with Crippen molar-refractivity contribution in [3.63, 3.8) is 0 Å². The zero-order valence-electron chi connectivity index (χ0n) is 10.0. The van der Waals surface area contributed by atoms with Gasteiger partial charge in [-0.1, -0.05) is 13.8 Å². The van der Waals surface area contributed by atoms with Crippen LogP contribution >= 0.6 is 11.6 Å². The first-order valence-electron chi connectivity index (χ1n) is 5.61. The molecule has 4 nitrogen and oxygen atoms in total. The SMILES string of the molecule is COC1(c2nc(Cl)n[nH]2)CCC(C)(C)CC1. The second-order valence-corrected chi connectivity index (χ2v) is 5.65. The zero-order chi connectivity index (χ0) is 11.8. The van der Waals surface area contributed by atoms with Crippen LogP contribution in [0.3, 0.4) is 0 Å². The van der Waals surface area contributed by atoms with Gasteiger partial charge in [0.2, 0.25) is 5.28 Å². The number of methoxy groups -OCH3 is 1. The zero-order valence-corrected chi connectivity index (χ0v) is 10.8. The van der Waals surface area contributed by atoms with Gasteiger partial charge in [0.25, 0.3) is 0 Å². The third kappa shape index (κ3) is 2.09. The first kappa shape index (κ1) is 11.9. The third-order valence-corrected chi connectivity index (χ3v) is 3.86. The van der Waals surface area contributed by atoms with Gasteiger partial charge in [0.05, 0.1) is 0 Å². The van der Waals surface area contributed by atoms with Crippen LogP contribution in [-0.4, -0.2) is 22.3 Å². The number of aromatic amines is 1. The molecule has 0 spiro atoms. The van der Waals surface area contributed by atoms with Gasteiger partial charge in [-0.15, -0.1) is 5.10 Å². The number of nitrogens with one attached hydrogen (secondary N) is 1. The van der Waals surface area contributed by atoms with Crippen molar-refractivity contribution in [3.8, 4) is 0 Å². The molecule has 16 heavy (non-hydrogen) atoms. The quantitative estimate of drug-likeness (QED) is 0.869. The molecule has 0 unspecified atom stereocenters. The van der Waals surface area contributed by atoms with Crippen molar-refractivity contribution >= 4 is 11.6 Å². The summed E-state index contributed by atoms with van der Waals surface area (Å²) in [6.45, 7) is 4.58. The van der Waals surface area contributed by atoms with Gasteiger partial charge in [0.15, 0.2) is 5.82 Å². The molecule has 1 aromatic heterocycles. The fraction of sp³-hybridized carbons (Fsp3) is 0.818. The molecule has 1 heterocycles. The smallest absolute Gasteiger partial charge is 0.242 e. The lowest BCUT2D eigenvalue weighted by Crippen LogP contribution is -2.37. The Hall–Kier alpha value is -0.610. The average molecular weight is 244 g/mol. The number of ether oxygens (including phenoxy) is 1. The molecule has 1 saturated carbocycles. The first-order valence-corrected chi connectivity index (χ1v) is 5.99. The molecule has 2 rings (SSSR count). The van der Waals surface area contributed by atoms with E-state index in [0.29, 0.717) is 5.41 Å². The van der Waals surface area contributed by atoms with E-state index in [0.717, 1.165) is 31.5 Å². The third-order valence-electron chi connectivity index (χ3n) is 3.69. The van der Waals surface area contributed by atoms with Gasteiger partial charge in [-0.2, -0.15) is 4.98 Å². The van der Waals surface area contributed by atoms with E-state index in [-0.39, 0.29) is 10.9 Å². The Labute approximate surface area is 101 Å². The van der Waals surface area contributed by atoms with Gasteiger partial charge in [-0.3, -0.25) is 5.10 Å². The fourth-order valence-electron chi connectivity index (χ4n) is 2.31. The summed E-state index contributed by atoms with van der Waals surface area (Å²) in [7, 11) is 1.73. The molecule has 1 N–H and O–H groups in total. The fourth-order valence-corrected chi connectivity index (χ4v) is 2.44. The Morgan fingerprint density at radius 1 is 1.25 bits per heavy atom. The maximum atomic E-state index is 5.75. The van der Waals surface area contributed by atoms with Crippen molar-refractivity contribution in [3.05, 3.63) is 11.1 Å². The summed E-state index contributed by atoms with van der Waals surface area (Å²) >= 11 is 5.75. The van der Waals surface area contributed by atoms with E-state index in [4.69, 9.17) is 16.3 Å². The summed E-state index contributed by atoms with van der Waals surface area (Å²) in [6, 6.07) is 0. The molecule has 0 atom stereocenters. The minimum Gasteiger partial charge on any atom is -0.370 e. The van der Waals surface area contributed by atoms with E-state index in [2.05, 4.69) is 29.0 Å². The Morgan fingerprint density at radius 2 is 1.88 bits per heavy atom. The summed E-state index contributed by atoms with van der Waals surface area (Å²) in [5.74, 6) is 0.760. The van der Waals surface area contributed by atoms with Crippen molar-refractivity contribution in [2.24, 2.45) is 5.41 Å². The molecule has 0 bridgehead atoms. The summed E-state index contributed by atoms with van der Waals surface area (Å²) < 4.78 is 5.68. The number of nitrogens with zero attached hydrogens (tertiary/aromatic N) is 2. The van der Waals surface area contributed by atoms with Crippen LogP contribution < -0.4 is 0 Å². The number of H-pyrrole nitrogens is 1. The van der Waals surface area contributed by atoms with Gasteiger partial charge in [-0.05, 0) is 42.7 Å². The molecule has 5 heteroatoms. The van der Waals surface area contributed by atoms with Gasteiger partial charge < -0.3 is 4.74 Å². The van der Waals surface area contributed by atoms with Gasteiger partial charge >= 0.3 is 0 Å². The molecule has 0 amide bonds. The minimum absolute atomic E-state index is 0.260. The van der Waals surface area contributed by atoms with Crippen LogP contribution in [0.5, 0.6) is 0 Å². The van der Waals surface area contributed by atoms with Crippen LogP contribution in [0.2, 0.25) is 5.28 Å². The van der Waals surface area contributed by atoms with E-state index in [9.17, 15) is 0 Å². The van der Waals surface area contributed by atoms with E-state index < -0.39 is 0 Å². The van der Waals surface area contributed by atoms with Crippen LogP contribution in [0.25, 0.3) is 0 Å². The average Bonchev–Trinajstić information content (AvgIpc) is 2.66. The Balaban J connectivity index is 2.22. The second-order valence-electron chi connectivity index (χ2n) is 5.32. The lowest BCUT2D eigenvalue weighted by molar-refractivity contribution is -0.0726. The molecule has 0 radical (unpaired) electrons. The van der Waals surface area contributed by atoms with Crippen molar-refractivity contribution in [1.82, 2.24) is 15.2 Å². The Kier molecular flexibility index (Phi) is 2.97. The van der Waals surface area contributed by atoms with Crippen LogP contribution in [-0.2, 0) is 10.3 Å². The molecule has 1 aliphatic rings. The normalized spacial score (nSPS) is 23.2. The molecule has 1 fully saturated rings. The van der Waals surface area contributed by atoms with Gasteiger partial charge in [0.1, 0.15) is 5.60 Å². The highest BCUT2D eigenvalue weighted by Gasteiger charge is 2.42. The molecular formula is C11H18ClN3O. The van der Waals surface area contributed by atoms with Crippen molar-refractivity contribution < 1.29 is 4.74 Å². The number of aromatic nitrogens is 3. The topological polar surface area (TPSA) is 50.8 Å². The maximum Gasteiger partial charge on any atom is 0.242 e. The van der Waals surface area contributed by atoms with Crippen molar-refractivity contribution in [1.29, 1.82) is 0 Å². The molecule has 0 aliphatic heterocycles. The van der Waals surface area contributed by atoms with E-state index in [1.807, 2.05) is 0 Å². The standard InChI is InChI=1S/C11H18ClN3O/c1-10(2)4-6-11(16-3,7-5-10)8-13-9(12)15-14-8/h4-7H2,1-3H3,(H,13,14,15). The molecule has 0 saturated heterocycles. The second kappa shape index (κ2) is 4.00. The number of rotatable bonds is 2. The van der Waals surface area contributed by atoms with Crippen LogP contribution in [0.15, 0.2) is 0 Å². The Morgan fingerprint density at radius 3 is 2.31 bits per heavy atom. The largest absolute Gasteiger partial charge is 0.370 e. The molecule has 1 aromatic rings. The lowest BCUT2D eigenvalue weighted by atomic mass is 9.70. The Bertz CT molecular complexity index is 365. The molecule has 1 aliphatic carbocycles. The predicted molar refractivity (Wildman–Crippen MR) is 62.3 cm³/mol. The monoisotopic (exact) mass is 243 g/mol. The molecule has 90 valence electrons. The summed E-state index contributed by atoms with van der Waals surface area (Å²) in [5.41, 5.74) is 0.0709. The number of hydrogen-bond acceptors (Lipinski definition) is 3. The molecule has 0 aromatic carbocycles. The van der Waals surface area contributed by atoms with Crippen LogP contribution in [0.4, 0.5) is 0 Å². The van der Waals surface area contributed by atoms with Crippen LogP contribution in [0, 0.1) is 5.41 Å². The number of halogens is 1. The van der Waals surface area contributed by atoms with E-state index in [1.54, 1.807) is 7.11 Å². The lowest BCUT2D eigenvalue weighted by Gasteiger charge is -2.41. The minimum atomic E-state index is -0.324. The predicted octanol–water partition coefficient (Wildman–Crippen LogP) is 2.90. The van der Waals surface area contributed by atoms with Crippen molar-refractivity contribution in [2.45, 2.75) is 45.1 Å². The highest BCUT2D eigenvalue weighted by atomic mass is 35.5. The van der Waals surface area contributed by atoms with Gasteiger partial charge in [0, 0.05) is 7.11 Å². The number of hydrogen-bond donors (Lipinski definition) is 1. The van der Waals surface area contributed by atoms with Crippen LogP contribution in [0.1, 0.15) is 45.4 Å². The summed E-state index contributed by atoms with van der Waals surface area (Å²) in [5, 5.41) is 7.01. The summed E-state index contributed by atoms with van der Waals surface area (Å²) in [4.78, 5) is 4.20. The van der Waals surface area contributed by atoms with Crippen molar-refractivity contribution in [2.75, 3.05) is 7.11 Å². The maximum absolute atomic E-state index is 5.75. The summed E-state index contributed by atoms with van der Waals surface area (Å²) in [6.07, 6.45) is 4.17. The molecular weight excluding hydrogens is 226 g/mol.